The predicted octanol–water partition coefficient (Wildman–Crippen LogP) is 6.99. The molecular weight excluding hydrogens is 586 g/mol. The van der Waals surface area contributed by atoms with Crippen LogP contribution in [-0.4, -0.2) is 80.3 Å². The predicted molar refractivity (Wildman–Crippen MR) is 183 cm³/mol. The van der Waals surface area contributed by atoms with Gasteiger partial charge < -0.3 is 29.0 Å². The van der Waals surface area contributed by atoms with E-state index < -0.39 is 20.2 Å². The number of methoxy groups -OCH3 is 1. The number of carbonyl (C=O) groups is 2. The number of likely N-dealkylation sites (N-methyl/N-ethyl adjacent to an activating group) is 1. The molecule has 248 valence electrons. The number of unbranched alkanes of at least 4 members (excludes halogenated alkanes) is 2. The molecule has 3 rings (SSSR count). The van der Waals surface area contributed by atoms with Crippen molar-refractivity contribution >= 4 is 30.9 Å². The molecule has 1 amide bonds. The van der Waals surface area contributed by atoms with Crippen LogP contribution in [0.4, 0.5) is 4.79 Å². The average molecular weight is 640 g/mol. The summed E-state index contributed by atoms with van der Waals surface area (Å²) in [5.41, 5.74) is 3.49. The van der Waals surface area contributed by atoms with Crippen molar-refractivity contribution in [3.05, 3.63) is 42.0 Å². The van der Waals surface area contributed by atoms with Gasteiger partial charge in [0.15, 0.2) is 0 Å². The Bertz CT molecular complexity index is 1400. The molecule has 0 aliphatic heterocycles. The van der Waals surface area contributed by atoms with E-state index in [0.717, 1.165) is 53.2 Å². The maximum Gasteiger partial charge on any atom is 0.407 e. The monoisotopic (exact) mass is 639 g/mol. The van der Waals surface area contributed by atoms with Gasteiger partial charge in [0.05, 0.1) is 30.6 Å². The zero-order valence-electron chi connectivity index (χ0n) is 28.6. The van der Waals surface area contributed by atoms with Gasteiger partial charge in [-0.15, -0.1) is 0 Å². The summed E-state index contributed by atoms with van der Waals surface area (Å²) in [6.07, 6.45) is 5.67. The van der Waals surface area contributed by atoms with E-state index in [9.17, 15) is 9.59 Å². The molecule has 0 radical (unpaired) electrons. The maximum atomic E-state index is 13.0. The number of ether oxygens (including phenoxy) is 3. The van der Waals surface area contributed by atoms with Gasteiger partial charge in [0.2, 0.25) is 0 Å². The molecule has 0 spiro atoms. The quantitative estimate of drug-likeness (QED) is 0.111. The number of Topliss-reactive ketones (excluding diaryl/α,β-unsaturated/α-hetero) is 1. The normalized spacial score (nSPS) is 12.5. The fraction of sp³-hybridized carbons (Fsp3) is 0.588. The summed E-state index contributed by atoms with van der Waals surface area (Å²) in [5.74, 6) is 1.65. The van der Waals surface area contributed by atoms with E-state index in [1.54, 1.807) is 7.11 Å². The Labute approximate surface area is 269 Å². The first-order valence-electron chi connectivity index (χ1n) is 16.1. The second-order valence-electron chi connectivity index (χ2n) is 13.1. The number of carbonyl (C=O) groups excluding carboxylic acids is 2. The van der Waals surface area contributed by atoms with Crippen LogP contribution in [0.5, 0.6) is 5.75 Å². The van der Waals surface area contributed by atoms with Gasteiger partial charge in [-0.3, -0.25) is 9.78 Å². The van der Waals surface area contributed by atoms with Gasteiger partial charge in [-0.1, -0.05) is 45.5 Å². The highest BCUT2D eigenvalue weighted by atomic mass is 28.3. The average Bonchev–Trinajstić information content (AvgIpc) is 3.40. The number of alkyl carbamates (subject to hydrolysis) is 1. The third kappa shape index (κ3) is 11.5. The van der Waals surface area contributed by atoms with E-state index in [4.69, 9.17) is 19.2 Å². The van der Waals surface area contributed by atoms with Gasteiger partial charge in [0, 0.05) is 56.8 Å². The molecular formula is C34H53N5O5Si. The molecule has 0 fully saturated rings. The molecule has 0 saturated heterocycles. The number of rotatable bonds is 19. The molecule has 45 heavy (non-hydrogen) atoms. The molecule has 0 bridgehead atoms. The first kappa shape index (κ1) is 36.2. The number of nitrogens with zero attached hydrogens (tertiary/aromatic N) is 4. The summed E-state index contributed by atoms with van der Waals surface area (Å²) in [4.78, 5) is 36.3. The molecule has 10 nitrogen and oxygen atoms in total. The van der Waals surface area contributed by atoms with Crippen LogP contribution >= 0.6 is 0 Å². The van der Waals surface area contributed by atoms with Crippen molar-refractivity contribution in [2.75, 3.05) is 41.0 Å². The van der Waals surface area contributed by atoms with Crippen LogP contribution < -0.4 is 10.1 Å². The van der Waals surface area contributed by atoms with E-state index in [1.165, 1.54) is 0 Å². The van der Waals surface area contributed by atoms with E-state index in [1.807, 2.05) is 55.7 Å². The number of aryl methyl sites for hydroxylation is 1. The highest BCUT2D eigenvalue weighted by Gasteiger charge is 2.25. The third-order valence-corrected chi connectivity index (χ3v) is 9.45. The van der Waals surface area contributed by atoms with Crippen LogP contribution in [0.3, 0.4) is 0 Å². The van der Waals surface area contributed by atoms with Crippen LogP contribution in [0.1, 0.15) is 63.0 Å². The topological polar surface area (TPSA) is 108 Å². The number of hydrogen-bond donors (Lipinski definition) is 1. The molecule has 0 aliphatic carbocycles. The van der Waals surface area contributed by atoms with E-state index in [0.29, 0.717) is 44.0 Å². The van der Waals surface area contributed by atoms with Crippen molar-refractivity contribution in [2.24, 2.45) is 0 Å². The van der Waals surface area contributed by atoms with Gasteiger partial charge in [-0.05, 0) is 52.0 Å². The van der Waals surface area contributed by atoms with Crippen LogP contribution in [0.2, 0.25) is 25.7 Å². The number of aromatic nitrogens is 3. The Morgan fingerprint density at radius 3 is 2.56 bits per heavy atom. The summed E-state index contributed by atoms with van der Waals surface area (Å²) in [6.45, 7) is 12.7. The van der Waals surface area contributed by atoms with Gasteiger partial charge in [0.1, 0.15) is 30.7 Å². The Morgan fingerprint density at radius 1 is 1.09 bits per heavy atom. The van der Waals surface area contributed by atoms with Crippen molar-refractivity contribution < 1.29 is 23.8 Å². The van der Waals surface area contributed by atoms with E-state index >= 15 is 0 Å². The van der Waals surface area contributed by atoms with Gasteiger partial charge >= 0.3 is 6.09 Å². The van der Waals surface area contributed by atoms with E-state index in [2.05, 4.69) is 42.1 Å². The standard InChI is InChI=1S/C34H53N5O5Si/c1-9-27(40)13-11-10-12-14-29(37-34(41)44-18-17-38(3)4)33-35-23-31(39(33)24-43-19-20-45(6,7)8)28-21-26-16-15-25(2)36-30(26)22-32(28)42-5/h15-16,21-23,29H,9-14,17-20,24H2,1-8H3,(H,37,41). The number of ketones is 1. The summed E-state index contributed by atoms with van der Waals surface area (Å²) in [5, 5.41) is 4.07. The van der Waals surface area contributed by atoms with Crippen molar-refractivity contribution in [1.82, 2.24) is 24.8 Å². The smallest absolute Gasteiger partial charge is 0.407 e. The van der Waals surface area contributed by atoms with Crippen LogP contribution in [0, 0.1) is 6.92 Å². The Kier molecular flexibility index (Phi) is 14.0. The highest BCUT2D eigenvalue weighted by molar-refractivity contribution is 6.76. The fourth-order valence-electron chi connectivity index (χ4n) is 4.97. The SMILES string of the molecule is CCC(=O)CCCCCC(NC(=O)OCCN(C)C)c1ncc(-c2cc3ccc(C)nc3cc2OC)n1COCC[Si](C)(C)C. The summed E-state index contributed by atoms with van der Waals surface area (Å²) in [6, 6.07) is 8.70. The fourth-order valence-corrected chi connectivity index (χ4v) is 5.73. The number of hydrogen-bond acceptors (Lipinski definition) is 8. The van der Waals surface area contributed by atoms with Crippen molar-refractivity contribution in [1.29, 1.82) is 0 Å². The number of pyridine rings is 1. The lowest BCUT2D eigenvalue weighted by atomic mass is 10.0. The molecule has 1 atom stereocenters. The summed E-state index contributed by atoms with van der Waals surface area (Å²) in [7, 11) is 4.23. The number of fused-ring (bicyclic) bond motifs is 1. The van der Waals surface area contributed by atoms with Gasteiger partial charge in [0.25, 0.3) is 0 Å². The third-order valence-electron chi connectivity index (χ3n) is 7.75. The summed E-state index contributed by atoms with van der Waals surface area (Å²) >= 11 is 0. The molecule has 2 aromatic heterocycles. The van der Waals surface area contributed by atoms with E-state index in [-0.39, 0.29) is 19.1 Å². The number of imidazole rings is 1. The van der Waals surface area contributed by atoms with Gasteiger partial charge in [-0.25, -0.2) is 9.78 Å². The molecule has 11 heteroatoms. The Morgan fingerprint density at radius 2 is 1.87 bits per heavy atom. The zero-order valence-corrected chi connectivity index (χ0v) is 29.6. The van der Waals surface area contributed by atoms with Crippen LogP contribution in [-0.2, 0) is 21.0 Å². The highest BCUT2D eigenvalue weighted by Crippen LogP contribution is 2.36. The van der Waals surface area contributed by atoms with Gasteiger partial charge in [-0.2, -0.15) is 0 Å². The molecule has 2 heterocycles. The molecule has 1 aromatic carbocycles. The molecule has 1 unspecified atom stereocenters. The number of benzene rings is 1. The largest absolute Gasteiger partial charge is 0.496 e. The first-order valence-corrected chi connectivity index (χ1v) is 19.8. The van der Waals surface area contributed by atoms with Crippen LogP contribution in [0.25, 0.3) is 22.2 Å². The second-order valence-corrected chi connectivity index (χ2v) is 18.7. The molecule has 0 aliphatic rings. The number of nitrogens with one attached hydrogen (secondary N) is 1. The minimum Gasteiger partial charge on any atom is -0.496 e. The van der Waals surface area contributed by atoms with Crippen molar-refractivity contribution in [3.8, 4) is 17.0 Å². The lowest BCUT2D eigenvalue weighted by Gasteiger charge is -2.22. The Balaban J connectivity index is 1.98. The minimum atomic E-state index is -1.30. The number of amides is 1. The molecule has 3 aromatic rings. The van der Waals surface area contributed by atoms with Crippen molar-refractivity contribution in [3.63, 3.8) is 0 Å². The lowest BCUT2D eigenvalue weighted by molar-refractivity contribution is -0.118. The second kappa shape index (κ2) is 17.4. The van der Waals surface area contributed by atoms with Crippen molar-refractivity contribution in [2.45, 2.75) is 90.8 Å². The molecule has 1 N–H and O–H groups in total. The maximum absolute atomic E-state index is 13.0. The van der Waals surface area contributed by atoms with Crippen LogP contribution in [0.15, 0.2) is 30.5 Å². The molecule has 0 saturated carbocycles. The lowest BCUT2D eigenvalue weighted by Crippen LogP contribution is -2.33. The summed E-state index contributed by atoms with van der Waals surface area (Å²) < 4.78 is 19.7. The minimum absolute atomic E-state index is 0.277. The first-order chi connectivity index (χ1) is 21.4. The Hall–Kier alpha value is -3.28. The zero-order chi connectivity index (χ0) is 33.0.